The Morgan fingerprint density at radius 1 is 1.50 bits per heavy atom. The number of rotatable bonds is 8. The van der Waals surface area contributed by atoms with Gasteiger partial charge in [-0.05, 0) is 19.3 Å². The van der Waals surface area contributed by atoms with E-state index in [1.54, 1.807) is 0 Å². The van der Waals surface area contributed by atoms with Gasteiger partial charge >= 0.3 is 5.97 Å². The second kappa shape index (κ2) is 7.19. The van der Waals surface area contributed by atoms with Gasteiger partial charge in [0.2, 0.25) is 0 Å². The van der Waals surface area contributed by atoms with Gasteiger partial charge in [0.15, 0.2) is 0 Å². The zero-order valence-corrected chi connectivity index (χ0v) is 10.2. The van der Waals surface area contributed by atoms with Crippen LogP contribution in [0, 0.1) is 0 Å². The summed E-state index contributed by atoms with van der Waals surface area (Å²) < 4.78 is 0. The number of hydrogen-bond acceptors (Lipinski definition) is 4. The summed E-state index contributed by atoms with van der Waals surface area (Å²) in [4.78, 5) is 15.1. The molecule has 0 radical (unpaired) electrons. The second-order valence-electron chi connectivity index (χ2n) is 3.75. The van der Waals surface area contributed by atoms with E-state index < -0.39 is 5.97 Å². The summed E-state index contributed by atoms with van der Waals surface area (Å²) in [6, 6.07) is 0. The van der Waals surface area contributed by atoms with E-state index in [4.69, 9.17) is 5.90 Å². The van der Waals surface area contributed by atoms with Crippen LogP contribution < -0.4 is 11.2 Å². The van der Waals surface area contributed by atoms with Gasteiger partial charge in [0, 0.05) is 17.7 Å². The first-order valence-electron chi connectivity index (χ1n) is 5.52. The standard InChI is InChI=1S/C12H22N2O2/c1-5-12(6-2,7-3)14-9-8-10(4)11(15)16-13/h5,14H,1,4,6-9,13H2,2-3H3. The molecule has 0 aromatic carbocycles. The molecule has 0 aromatic heterocycles. The maximum absolute atomic E-state index is 11.0. The van der Waals surface area contributed by atoms with E-state index in [0.717, 1.165) is 12.8 Å². The molecule has 4 nitrogen and oxygen atoms in total. The average Bonchev–Trinajstić information content (AvgIpc) is 2.34. The van der Waals surface area contributed by atoms with E-state index in [2.05, 4.69) is 37.2 Å². The molecule has 0 spiro atoms. The van der Waals surface area contributed by atoms with Crippen molar-refractivity contribution in [3.63, 3.8) is 0 Å². The molecule has 0 amide bonds. The SMILES string of the molecule is C=CC(CC)(CC)NCCC(=C)C(=O)ON. The molecule has 0 unspecified atom stereocenters. The summed E-state index contributed by atoms with van der Waals surface area (Å²) in [5.74, 6) is 4.21. The van der Waals surface area contributed by atoms with E-state index in [9.17, 15) is 4.79 Å². The predicted molar refractivity (Wildman–Crippen MR) is 65.5 cm³/mol. The molecular formula is C12H22N2O2. The molecule has 0 saturated heterocycles. The Morgan fingerprint density at radius 3 is 2.44 bits per heavy atom. The fourth-order valence-corrected chi connectivity index (χ4v) is 1.51. The maximum atomic E-state index is 11.0. The Balaban J connectivity index is 4.10. The molecule has 3 N–H and O–H groups in total. The van der Waals surface area contributed by atoms with Gasteiger partial charge in [0.1, 0.15) is 0 Å². The number of carbonyl (C=O) groups excluding carboxylic acids is 1. The predicted octanol–water partition coefficient (Wildman–Crippen LogP) is 1.68. The molecule has 0 heterocycles. The number of hydrogen-bond donors (Lipinski definition) is 2. The van der Waals surface area contributed by atoms with E-state index in [-0.39, 0.29) is 5.54 Å². The number of carbonyl (C=O) groups is 1. The highest BCUT2D eigenvalue weighted by atomic mass is 16.7. The first-order valence-corrected chi connectivity index (χ1v) is 5.52. The van der Waals surface area contributed by atoms with Crippen LogP contribution in [-0.2, 0) is 9.63 Å². The number of nitrogens with one attached hydrogen (secondary N) is 1. The topological polar surface area (TPSA) is 64.3 Å². The minimum absolute atomic E-state index is 0.0626. The van der Waals surface area contributed by atoms with Crippen molar-refractivity contribution in [2.24, 2.45) is 5.90 Å². The minimum atomic E-state index is -0.556. The Labute approximate surface area is 97.5 Å². The van der Waals surface area contributed by atoms with Gasteiger partial charge in [-0.15, -0.1) is 6.58 Å². The highest BCUT2D eigenvalue weighted by Gasteiger charge is 2.20. The first-order chi connectivity index (χ1) is 7.55. The summed E-state index contributed by atoms with van der Waals surface area (Å²) in [6.45, 7) is 12.3. The fourth-order valence-electron chi connectivity index (χ4n) is 1.51. The summed E-state index contributed by atoms with van der Waals surface area (Å²) in [7, 11) is 0. The van der Waals surface area contributed by atoms with Gasteiger partial charge in [0.05, 0.1) is 0 Å². The quantitative estimate of drug-likeness (QED) is 0.375. The molecule has 0 aliphatic rings. The van der Waals surface area contributed by atoms with Crippen molar-refractivity contribution in [2.75, 3.05) is 6.54 Å². The van der Waals surface area contributed by atoms with Crippen LogP contribution >= 0.6 is 0 Å². The van der Waals surface area contributed by atoms with Crippen LogP contribution in [0.4, 0.5) is 0 Å². The van der Waals surface area contributed by atoms with Gasteiger partial charge in [-0.1, -0.05) is 26.5 Å². The molecule has 0 atom stereocenters. The number of nitrogens with two attached hydrogens (primary N) is 1. The van der Waals surface area contributed by atoms with E-state index in [1.165, 1.54) is 0 Å². The largest absolute Gasteiger partial charge is 0.370 e. The fraction of sp³-hybridized carbons (Fsp3) is 0.583. The van der Waals surface area contributed by atoms with Crippen molar-refractivity contribution in [3.05, 3.63) is 24.8 Å². The van der Waals surface area contributed by atoms with E-state index in [1.807, 2.05) is 6.08 Å². The average molecular weight is 226 g/mol. The molecule has 4 heteroatoms. The second-order valence-corrected chi connectivity index (χ2v) is 3.75. The van der Waals surface area contributed by atoms with Crippen molar-refractivity contribution >= 4 is 5.97 Å². The van der Waals surface area contributed by atoms with Crippen LogP contribution in [0.5, 0.6) is 0 Å². The molecule has 0 bridgehead atoms. The normalized spacial score (nSPS) is 10.9. The molecule has 16 heavy (non-hydrogen) atoms. The van der Waals surface area contributed by atoms with E-state index >= 15 is 0 Å². The van der Waals surface area contributed by atoms with Crippen molar-refractivity contribution < 1.29 is 9.63 Å². The van der Waals surface area contributed by atoms with Crippen LogP contribution in [0.2, 0.25) is 0 Å². The lowest BCUT2D eigenvalue weighted by atomic mass is 9.93. The third-order valence-corrected chi connectivity index (χ3v) is 2.95. The molecule has 0 fully saturated rings. The Bertz CT molecular complexity index is 258. The van der Waals surface area contributed by atoms with Crippen LogP contribution in [-0.4, -0.2) is 18.1 Å². The zero-order valence-electron chi connectivity index (χ0n) is 10.2. The van der Waals surface area contributed by atoms with Gasteiger partial charge in [-0.25, -0.2) is 4.79 Å². The van der Waals surface area contributed by atoms with Crippen molar-refractivity contribution in [3.8, 4) is 0 Å². The van der Waals surface area contributed by atoms with Gasteiger partial charge in [-0.3, -0.25) is 0 Å². The minimum Gasteiger partial charge on any atom is -0.370 e. The monoisotopic (exact) mass is 226 g/mol. The lowest BCUT2D eigenvalue weighted by Crippen LogP contribution is -2.42. The Hall–Kier alpha value is -1.13. The van der Waals surface area contributed by atoms with Crippen LogP contribution in [0.25, 0.3) is 0 Å². The third-order valence-electron chi connectivity index (χ3n) is 2.95. The lowest BCUT2D eigenvalue weighted by Gasteiger charge is -2.29. The highest BCUT2D eigenvalue weighted by molar-refractivity contribution is 5.87. The van der Waals surface area contributed by atoms with Gasteiger partial charge in [-0.2, -0.15) is 5.90 Å². The van der Waals surface area contributed by atoms with Crippen LogP contribution in [0.1, 0.15) is 33.1 Å². The lowest BCUT2D eigenvalue weighted by molar-refractivity contribution is -0.139. The first kappa shape index (κ1) is 14.9. The molecule has 92 valence electrons. The van der Waals surface area contributed by atoms with Crippen molar-refractivity contribution in [1.82, 2.24) is 5.32 Å². The Morgan fingerprint density at radius 2 is 2.06 bits per heavy atom. The molecule has 0 aromatic rings. The summed E-state index contributed by atoms with van der Waals surface area (Å²) in [5.41, 5.74) is 0.313. The highest BCUT2D eigenvalue weighted by Crippen LogP contribution is 2.16. The van der Waals surface area contributed by atoms with Crippen molar-refractivity contribution in [1.29, 1.82) is 0 Å². The molecule has 0 saturated carbocycles. The maximum Gasteiger partial charge on any atom is 0.351 e. The molecule has 0 aliphatic carbocycles. The van der Waals surface area contributed by atoms with Crippen molar-refractivity contribution in [2.45, 2.75) is 38.6 Å². The summed E-state index contributed by atoms with van der Waals surface area (Å²) >= 11 is 0. The van der Waals surface area contributed by atoms with Crippen LogP contribution in [0.15, 0.2) is 24.8 Å². The van der Waals surface area contributed by atoms with Crippen LogP contribution in [0.3, 0.4) is 0 Å². The summed E-state index contributed by atoms with van der Waals surface area (Å²) in [6.07, 6.45) is 4.35. The third kappa shape index (κ3) is 4.16. The molecule has 0 rings (SSSR count). The smallest absolute Gasteiger partial charge is 0.351 e. The Kier molecular flexibility index (Phi) is 6.69. The van der Waals surface area contributed by atoms with Gasteiger partial charge < -0.3 is 10.2 Å². The zero-order chi connectivity index (χ0) is 12.6. The summed E-state index contributed by atoms with van der Waals surface area (Å²) in [5, 5.41) is 3.36. The molecule has 0 aliphatic heterocycles. The van der Waals surface area contributed by atoms with E-state index in [0.29, 0.717) is 18.5 Å². The molecular weight excluding hydrogens is 204 g/mol. The van der Waals surface area contributed by atoms with Gasteiger partial charge in [0.25, 0.3) is 0 Å².